The average Bonchev–Trinajstić information content (AvgIpc) is 3.91. The highest BCUT2D eigenvalue weighted by Crippen LogP contribution is 2.45. The van der Waals surface area contributed by atoms with E-state index in [-0.39, 0.29) is 36.7 Å². The minimum absolute atomic E-state index is 0.0895. The van der Waals surface area contributed by atoms with E-state index in [1.807, 2.05) is 42.2 Å². The summed E-state index contributed by atoms with van der Waals surface area (Å²) in [7, 11) is 0. The van der Waals surface area contributed by atoms with Gasteiger partial charge in [0.15, 0.2) is 0 Å². The van der Waals surface area contributed by atoms with Crippen LogP contribution in [0.25, 0.3) is 0 Å². The topological polar surface area (TPSA) is 201 Å². The van der Waals surface area contributed by atoms with Crippen LogP contribution in [0.1, 0.15) is 72.0 Å². The van der Waals surface area contributed by atoms with Gasteiger partial charge in [-0.25, -0.2) is 9.59 Å². The fourth-order valence-electron chi connectivity index (χ4n) is 6.84. The molecule has 0 bridgehead atoms. The number of nitrogens with zero attached hydrogens (tertiary/aromatic N) is 2. The van der Waals surface area contributed by atoms with E-state index in [4.69, 9.17) is 4.74 Å². The molecule has 2 heterocycles. The summed E-state index contributed by atoms with van der Waals surface area (Å²) in [5, 5.41) is 45.3. The fourth-order valence-corrected chi connectivity index (χ4v) is 6.84. The Kier molecular flexibility index (Phi) is 12.0. The third-order valence-corrected chi connectivity index (χ3v) is 10.0. The number of carbonyl (C=O) groups is 4. The molecule has 0 unspecified atom stereocenters. The van der Waals surface area contributed by atoms with Gasteiger partial charge in [-0.15, -0.1) is 0 Å². The van der Waals surface area contributed by atoms with Crippen molar-refractivity contribution in [2.45, 2.75) is 63.5 Å². The number of carboxylic acid groups (broad SMARTS) is 1. The number of anilines is 1. The third-order valence-electron chi connectivity index (χ3n) is 10.0. The second kappa shape index (κ2) is 16.2. The molecule has 0 aromatic heterocycles. The lowest BCUT2D eigenvalue weighted by molar-refractivity contribution is -0.120. The van der Waals surface area contributed by atoms with Gasteiger partial charge in [-0.3, -0.25) is 14.5 Å². The molecular weight excluding hydrogens is 646 g/mol. The first-order valence-corrected chi connectivity index (χ1v) is 17.3. The van der Waals surface area contributed by atoms with Gasteiger partial charge in [0.2, 0.25) is 11.8 Å². The van der Waals surface area contributed by atoms with Crippen molar-refractivity contribution in [3.63, 3.8) is 0 Å². The van der Waals surface area contributed by atoms with Gasteiger partial charge in [0, 0.05) is 43.9 Å². The van der Waals surface area contributed by atoms with Gasteiger partial charge in [0.25, 0.3) is 0 Å². The summed E-state index contributed by atoms with van der Waals surface area (Å²) in [6.45, 7) is 3.66. The fraction of sp³-hybridized carbons (Fsp3) is 0.556. The van der Waals surface area contributed by atoms with Crippen LogP contribution in [0.2, 0.25) is 0 Å². The normalized spacial score (nSPS) is 17.5. The molecule has 3 fully saturated rings. The molecule has 5 rings (SSSR count). The zero-order valence-electron chi connectivity index (χ0n) is 28.6. The van der Waals surface area contributed by atoms with E-state index in [0.717, 1.165) is 61.2 Å². The summed E-state index contributed by atoms with van der Waals surface area (Å²) >= 11 is 0. The van der Waals surface area contributed by atoms with Gasteiger partial charge in [-0.05, 0) is 92.4 Å². The lowest BCUT2D eigenvalue weighted by atomic mass is 9.77. The zero-order valence-corrected chi connectivity index (χ0v) is 28.6. The highest BCUT2D eigenvalue weighted by molar-refractivity contribution is 5.96. The number of hydrogen-bond acceptors (Lipinski definition) is 9. The maximum atomic E-state index is 13.2. The van der Waals surface area contributed by atoms with Gasteiger partial charge < -0.3 is 46.0 Å². The molecule has 0 atom stereocenters. The quantitative estimate of drug-likeness (QED) is 0.126. The van der Waals surface area contributed by atoms with Gasteiger partial charge in [0.05, 0.1) is 38.4 Å². The molecule has 2 aromatic rings. The maximum Gasteiger partial charge on any atom is 0.336 e. The molecule has 14 heteroatoms. The predicted octanol–water partition coefficient (Wildman–Crippen LogP) is 1.35. The first kappa shape index (κ1) is 37.0. The molecule has 2 aromatic carbocycles. The average molecular weight is 696 g/mol. The van der Waals surface area contributed by atoms with E-state index in [1.165, 1.54) is 0 Å². The molecule has 2 saturated heterocycles. The van der Waals surface area contributed by atoms with Crippen molar-refractivity contribution in [2.75, 3.05) is 64.1 Å². The summed E-state index contributed by atoms with van der Waals surface area (Å²) in [6, 6.07) is 10.4. The SMILES string of the molecule is CCOc1cc(C(=O)O)c(C2CC2)cc1CN1CCC2(CC1)CC(=O)N(c1ccc(CC(=O)NCCNC(=O)NC(CO)(CO)CO)cc1)C2. The van der Waals surface area contributed by atoms with Crippen LogP contribution in [0.5, 0.6) is 5.75 Å². The third kappa shape index (κ3) is 8.91. The number of amides is 4. The number of benzene rings is 2. The van der Waals surface area contributed by atoms with Crippen LogP contribution in [0, 0.1) is 5.41 Å². The van der Waals surface area contributed by atoms with Crippen LogP contribution in [0.3, 0.4) is 0 Å². The minimum Gasteiger partial charge on any atom is -0.494 e. The Morgan fingerprint density at radius 3 is 2.24 bits per heavy atom. The zero-order chi connectivity index (χ0) is 35.9. The molecule has 0 radical (unpaired) electrons. The van der Waals surface area contributed by atoms with Crippen LogP contribution in [-0.4, -0.2) is 114 Å². The molecule has 1 aliphatic carbocycles. The molecule has 2 aliphatic heterocycles. The lowest BCUT2D eigenvalue weighted by Crippen LogP contribution is -2.59. The lowest BCUT2D eigenvalue weighted by Gasteiger charge is -2.39. The minimum atomic E-state index is -1.54. The molecule has 3 aliphatic rings. The number of nitrogens with one attached hydrogen (secondary N) is 3. The highest BCUT2D eigenvalue weighted by atomic mass is 16.5. The van der Waals surface area contributed by atoms with Crippen molar-refractivity contribution < 1.29 is 44.3 Å². The van der Waals surface area contributed by atoms with E-state index in [2.05, 4.69) is 20.9 Å². The summed E-state index contributed by atoms with van der Waals surface area (Å²) in [4.78, 5) is 53.8. The van der Waals surface area contributed by atoms with Crippen LogP contribution < -0.4 is 25.6 Å². The van der Waals surface area contributed by atoms with E-state index < -0.39 is 37.4 Å². The van der Waals surface area contributed by atoms with Crippen LogP contribution in [-0.2, 0) is 22.6 Å². The van der Waals surface area contributed by atoms with Gasteiger partial charge >= 0.3 is 12.0 Å². The smallest absolute Gasteiger partial charge is 0.336 e. The number of urea groups is 1. The van der Waals surface area contributed by atoms with Crippen molar-refractivity contribution in [1.82, 2.24) is 20.9 Å². The predicted molar refractivity (Wildman–Crippen MR) is 184 cm³/mol. The van der Waals surface area contributed by atoms with Gasteiger partial charge in [0.1, 0.15) is 11.3 Å². The van der Waals surface area contributed by atoms with Crippen molar-refractivity contribution in [1.29, 1.82) is 0 Å². The van der Waals surface area contributed by atoms with Crippen LogP contribution >= 0.6 is 0 Å². The van der Waals surface area contributed by atoms with Crippen molar-refractivity contribution in [2.24, 2.45) is 5.41 Å². The second-order valence-corrected chi connectivity index (χ2v) is 13.8. The number of hydrogen-bond donors (Lipinski definition) is 7. The Balaban J connectivity index is 1.09. The van der Waals surface area contributed by atoms with Crippen molar-refractivity contribution in [3.8, 4) is 5.75 Å². The molecule has 4 amide bonds. The summed E-state index contributed by atoms with van der Waals surface area (Å²) in [5.74, 6) is -0.139. The van der Waals surface area contributed by atoms with Crippen LogP contribution in [0.15, 0.2) is 36.4 Å². The molecule has 50 heavy (non-hydrogen) atoms. The Morgan fingerprint density at radius 1 is 0.980 bits per heavy atom. The first-order chi connectivity index (χ1) is 24.0. The monoisotopic (exact) mass is 695 g/mol. The number of likely N-dealkylation sites (tertiary alicyclic amines) is 1. The van der Waals surface area contributed by atoms with E-state index in [9.17, 15) is 39.6 Å². The summed E-state index contributed by atoms with van der Waals surface area (Å²) in [5.41, 5.74) is 2.18. The number of carboxylic acids is 1. The Bertz CT molecular complexity index is 1520. The van der Waals surface area contributed by atoms with Crippen LogP contribution in [0.4, 0.5) is 10.5 Å². The summed E-state index contributed by atoms with van der Waals surface area (Å²) in [6.07, 6.45) is 4.39. The molecule has 272 valence electrons. The number of aromatic carboxylic acids is 1. The standard InChI is InChI=1S/C36H49N5O9/c1-2-50-30-17-29(33(47)48)28(25-5-6-25)16-26(30)19-40-13-9-35(10-14-40)18-32(46)41(20-35)27-7-3-24(4-8-27)15-31(45)37-11-12-38-34(49)39-36(21-42,22-43)23-44/h3-4,7-8,16-17,25,42-44H,2,5-6,9-15,18-23H2,1H3,(H,37,45)(H,47,48)(H2,38,39,49). The Hall–Kier alpha value is -4.24. The largest absolute Gasteiger partial charge is 0.494 e. The number of aliphatic hydroxyl groups is 3. The molecule has 1 saturated carbocycles. The molecular formula is C36H49N5O9. The van der Waals surface area contributed by atoms with E-state index in [0.29, 0.717) is 43.3 Å². The molecule has 14 nitrogen and oxygen atoms in total. The van der Waals surface area contributed by atoms with E-state index in [1.54, 1.807) is 6.07 Å². The molecule has 7 N–H and O–H groups in total. The number of carbonyl (C=O) groups excluding carboxylic acids is 3. The molecule has 1 spiro atoms. The van der Waals surface area contributed by atoms with Gasteiger partial charge in [-0.2, -0.15) is 0 Å². The Morgan fingerprint density at radius 2 is 1.64 bits per heavy atom. The maximum absolute atomic E-state index is 13.2. The number of rotatable bonds is 16. The first-order valence-electron chi connectivity index (χ1n) is 17.3. The second-order valence-electron chi connectivity index (χ2n) is 13.8. The van der Waals surface area contributed by atoms with Gasteiger partial charge in [-0.1, -0.05) is 12.1 Å². The van der Waals surface area contributed by atoms with Crippen molar-refractivity contribution in [3.05, 3.63) is 58.7 Å². The van der Waals surface area contributed by atoms with Crippen molar-refractivity contribution >= 4 is 29.5 Å². The highest BCUT2D eigenvalue weighted by Gasteiger charge is 2.45. The number of piperidine rings is 1. The number of aliphatic hydroxyl groups excluding tert-OH is 3. The summed E-state index contributed by atoms with van der Waals surface area (Å²) < 4.78 is 5.88. The van der Waals surface area contributed by atoms with E-state index >= 15 is 0 Å². The number of ether oxygens (including phenoxy) is 1. The Labute approximate surface area is 291 Å².